The molecule has 0 aliphatic heterocycles. The molecule has 0 radical (unpaired) electrons. The molecule has 0 fully saturated rings. The van der Waals surface area contributed by atoms with Crippen molar-refractivity contribution in [1.29, 1.82) is 0 Å². The zero-order valence-corrected chi connectivity index (χ0v) is 15.6. The van der Waals surface area contributed by atoms with E-state index >= 15 is 0 Å². The van der Waals surface area contributed by atoms with E-state index < -0.39 is 0 Å². The Morgan fingerprint density at radius 2 is 1.55 bits per heavy atom. The lowest BCUT2D eigenvalue weighted by atomic mass is 10.1. The van der Waals surface area contributed by atoms with Crippen LogP contribution in [0.3, 0.4) is 0 Å². The van der Waals surface area contributed by atoms with Gasteiger partial charge in [0.25, 0.3) is 0 Å². The minimum Gasteiger partial charge on any atom is -0.352 e. The van der Waals surface area contributed by atoms with E-state index in [9.17, 15) is 9.18 Å². The Balaban J connectivity index is 1.60. The molecule has 1 N–H and O–H groups in total. The van der Waals surface area contributed by atoms with Gasteiger partial charge in [-0.1, -0.05) is 71.9 Å². The van der Waals surface area contributed by atoms with Crippen molar-refractivity contribution >= 4 is 5.91 Å². The van der Waals surface area contributed by atoms with Gasteiger partial charge < -0.3 is 5.32 Å². The molecular formula is C23H19FN4O. The van der Waals surface area contributed by atoms with Gasteiger partial charge >= 0.3 is 0 Å². The van der Waals surface area contributed by atoms with E-state index in [1.807, 2.05) is 60.7 Å². The highest BCUT2D eigenvalue weighted by Crippen LogP contribution is 2.25. The summed E-state index contributed by atoms with van der Waals surface area (Å²) < 4.78 is 15.5. The highest BCUT2D eigenvalue weighted by molar-refractivity contribution is 5.80. The Bertz CT molecular complexity index is 1110. The van der Waals surface area contributed by atoms with Gasteiger partial charge in [0, 0.05) is 17.7 Å². The Kier molecular flexibility index (Phi) is 5.42. The van der Waals surface area contributed by atoms with Gasteiger partial charge in [0.15, 0.2) is 0 Å². The number of nitrogens with zero attached hydrogens (tertiary/aromatic N) is 3. The van der Waals surface area contributed by atoms with E-state index in [4.69, 9.17) is 0 Å². The van der Waals surface area contributed by atoms with Crippen molar-refractivity contribution in [3.05, 3.63) is 102 Å². The normalized spacial score (nSPS) is 10.7. The summed E-state index contributed by atoms with van der Waals surface area (Å²) in [6.45, 7) is 0.124. The first-order chi connectivity index (χ1) is 14.2. The summed E-state index contributed by atoms with van der Waals surface area (Å²) in [5.41, 5.74) is 3.54. The Hall–Kier alpha value is -3.80. The van der Waals surface area contributed by atoms with Gasteiger partial charge in [0.1, 0.15) is 11.5 Å². The van der Waals surface area contributed by atoms with E-state index in [2.05, 4.69) is 15.6 Å². The molecule has 6 heteroatoms. The second-order valence-corrected chi connectivity index (χ2v) is 6.54. The van der Waals surface area contributed by atoms with Crippen LogP contribution in [0.2, 0.25) is 0 Å². The average molecular weight is 386 g/mol. The van der Waals surface area contributed by atoms with Gasteiger partial charge in [-0.2, -0.15) is 0 Å². The van der Waals surface area contributed by atoms with E-state index in [1.54, 1.807) is 22.9 Å². The molecule has 0 aliphatic carbocycles. The van der Waals surface area contributed by atoms with Crippen molar-refractivity contribution in [2.24, 2.45) is 0 Å². The van der Waals surface area contributed by atoms with Crippen LogP contribution in [0.4, 0.5) is 4.39 Å². The van der Waals surface area contributed by atoms with E-state index in [1.165, 1.54) is 6.07 Å². The quantitative estimate of drug-likeness (QED) is 0.546. The Morgan fingerprint density at radius 3 is 2.28 bits per heavy atom. The molecule has 1 amide bonds. The predicted molar refractivity (Wildman–Crippen MR) is 109 cm³/mol. The van der Waals surface area contributed by atoms with Crippen molar-refractivity contribution < 1.29 is 9.18 Å². The van der Waals surface area contributed by atoms with Crippen LogP contribution in [0.15, 0.2) is 84.9 Å². The van der Waals surface area contributed by atoms with Gasteiger partial charge in [0.2, 0.25) is 5.91 Å². The Morgan fingerprint density at radius 1 is 0.897 bits per heavy atom. The zero-order valence-electron chi connectivity index (χ0n) is 15.6. The van der Waals surface area contributed by atoms with E-state index in [-0.39, 0.29) is 24.7 Å². The zero-order chi connectivity index (χ0) is 20.1. The third kappa shape index (κ3) is 4.21. The molecule has 0 unspecified atom stereocenters. The van der Waals surface area contributed by atoms with Crippen LogP contribution < -0.4 is 5.32 Å². The van der Waals surface area contributed by atoms with Gasteiger partial charge in [-0.3, -0.25) is 4.79 Å². The number of benzene rings is 3. The van der Waals surface area contributed by atoms with E-state index in [0.29, 0.717) is 11.3 Å². The van der Waals surface area contributed by atoms with Crippen LogP contribution >= 0.6 is 0 Å². The summed E-state index contributed by atoms with van der Waals surface area (Å²) in [7, 11) is 0. The summed E-state index contributed by atoms with van der Waals surface area (Å²) >= 11 is 0. The molecule has 144 valence electrons. The highest BCUT2D eigenvalue weighted by atomic mass is 19.1. The number of carbonyl (C=O) groups excluding carboxylic acids is 1. The lowest BCUT2D eigenvalue weighted by Crippen LogP contribution is -2.25. The number of para-hydroxylation sites is 1. The molecule has 0 saturated heterocycles. The average Bonchev–Trinajstić information content (AvgIpc) is 3.18. The fourth-order valence-electron chi connectivity index (χ4n) is 3.12. The topological polar surface area (TPSA) is 59.8 Å². The number of carbonyl (C=O) groups is 1. The molecule has 1 heterocycles. The maximum atomic E-state index is 13.8. The van der Waals surface area contributed by atoms with E-state index in [0.717, 1.165) is 16.9 Å². The van der Waals surface area contributed by atoms with Crippen LogP contribution in [0.5, 0.6) is 0 Å². The minimum atomic E-state index is -0.340. The van der Waals surface area contributed by atoms with Crippen molar-refractivity contribution in [1.82, 2.24) is 20.3 Å². The number of hydrogen-bond acceptors (Lipinski definition) is 3. The molecule has 1 aromatic heterocycles. The standard InChI is InChI=1S/C23H19FN4O/c24-20-14-8-7-11-18(20)16-25-22(29)15-21-23(17-9-3-1-4-10-17)28(27-26-21)19-12-5-2-6-13-19/h1-14H,15-16H2,(H,25,29). The maximum absolute atomic E-state index is 13.8. The maximum Gasteiger partial charge on any atom is 0.226 e. The lowest BCUT2D eigenvalue weighted by Gasteiger charge is -2.09. The Labute approximate surface area is 167 Å². The van der Waals surface area contributed by atoms with Gasteiger partial charge in [0.05, 0.1) is 17.8 Å². The molecule has 0 aliphatic rings. The van der Waals surface area contributed by atoms with Gasteiger partial charge in [-0.25, -0.2) is 9.07 Å². The van der Waals surface area contributed by atoms with Crippen molar-refractivity contribution in [2.75, 3.05) is 0 Å². The number of amides is 1. The second kappa shape index (κ2) is 8.48. The molecule has 29 heavy (non-hydrogen) atoms. The molecule has 0 bridgehead atoms. The summed E-state index contributed by atoms with van der Waals surface area (Å²) in [6.07, 6.45) is 0.0471. The lowest BCUT2D eigenvalue weighted by molar-refractivity contribution is -0.120. The summed E-state index contributed by atoms with van der Waals surface area (Å²) in [5, 5.41) is 11.3. The third-order valence-corrected chi connectivity index (χ3v) is 4.55. The molecule has 0 atom stereocenters. The molecular weight excluding hydrogens is 367 g/mol. The minimum absolute atomic E-state index is 0.0471. The van der Waals surface area contributed by atoms with Crippen molar-refractivity contribution in [3.8, 4) is 16.9 Å². The summed E-state index contributed by atoms with van der Waals surface area (Å²) in [5.74, 6) is -0.585. The first-order valence-electron chi connectivity index (χ1n) is 9.28. The first kappa shape index (κ1) is 18.6. The predicted octanol–water partition coefficient (Wildman–Crippen LogP) is 3.93. The molecule has 3 aromatic carbocycles. The number of aromatic nitrogens is 3. The molecule has 4 rings (SSSR count). The second-order valence-electron chi connectivity index (χ2n) is 6.54. The van der Waals surface area contributed by atoms with Crippen LogP contribution in [-0.4, -0.2) is 20.9 Å². The summed E-state index contributed by atoms with van der Waals surface area (Å²) in [4.78, 5) is 12.5. The number of nitrogens with one attached hydrogen (secondary N) is 1. The fourth-order valence-corrected chi connectivity index (χ4v) is 3.12. The monoisotopic (exact) mass is 386 g/mol. The number of rotatable bonds is 6. The molecule has 0 spiro atoms. The highest BCUT2D eigenvalue weighted by Gasteiger charge is 2.18. The fraction of sp³-hybridized carbons (Fsp3) is 0.0870. The molecule has 5 nitrogen and oxygen atoms in total. The van der Waals surface area contributed by atoms with Crippen LogP contribution in [0.25, 0.3) is 16.9 Å². The van der Waals surface area contributed by atoms with Crippen molar-refractivity contribution in [3.63, 3.8) is 0 Å². The number of hydrogen-bond donors (Lipinski definition) is 1. The number of halogens is 1. The van der Waals surface area contributed by atoms with Gasteiger partial charge in [-0.15, -0.1) is 5.10 Å². The van der Waals surface area contributed by atoms with Gasteiger partial charge in [-0.05, 0) is 18.2 Å². The molecule has 0 saturated carbocycles. The largest absolute Gasteiger partial charge is 0.352 e. The van der Waals surface area contributed by atoms with Crippen LogP contribution in [0, 0.1) is 5.82 Å². The first-order valence-corrected chi connectivity index (χ1v) is 9.28. The van der Waals surface area contributed by atoms with Crippen LogP contribution in [-0.2, 0) is 17.8 Å². The smallest absolute Gasteiger partial charge is 0.226 e. The van der Waals surface area contributed by atoms with Crippen molar-refractivity contribution in [2.45, 2.75) is 13.0 Å². The third-order valence-electron chi connectivity index (χ3n) is 4.55. The summed E-state index contributed by atoms with van der Waals surface area (Å²) in [6, 6.07) is 25.7. The SMILES string of the molecule is O=C(Cc1nnn(-c2ccccc2)c1-c1ccccc1)NCc1ccccc1F. The van der Waals surface area contributed by atoms with Crippen LogP contribution in [0.1, 0.15) is 11.3 Å². The molecule has 4 aromatic rings.